The Morgan fingerprint density at radius 1 is 1.04 bits per heavy atom. The molecule has 4 rings (SSSR count). The van der Waals surface area contributed by atoms with Crippen molar-refractivity contribution in [2.45, 2.75) is 31.8 Å². The first-order valence-electron chi connectivity index (χ1n) is 13.5. The summed E-state index contributed by atoms with van der Waals surface area (Å²) in [6.45, 7) is 3.08. The van der Waals surface area contributed by atoms with Gasteiger partial charge in [0.1, 0.15) is 30.0 Å². The SMILES string of the molecule is COc1ccc2c(c1)CC(C(=O)Nc1ccc(-c3cn[nH]c3)cc1OC(C)CN(C)C)CO2.O=C(O)C(F)(F)F.O=C(O)C(F)(F)F. The molecular formula is C29H32F6N4O8. The summed E-state index contributed by atoms with van der Waals surface area (Å²) in [5.41, 5.74) is 3.50. The number of hydrogen-bond acceptors (Lipinski definition) is 8. The van der Waals surface area contributed by atoms with Gasteiger partial charge >= 0.3 is 24.3 Å². The van der Waals surface area contributed by atoms with Gasteiger partial charge in [0.15, 0.2) is 0 Å². The van der Waals surface area contributed by atoms with Gasteiger partial charge in [-0.1, -0.05) is 6.07 Å². The van der Waals surface area contributed by atoms with Gasteiger partial charge in [-0.25, -0.2) is 9.59 Å². The average molecular weight is 679 g/mol. The standard InChI is InChI=1S/C25H30N4O4.2C2HF3O2/c1-16(14-29(2)3)33-24-11-17(20-12-26-27-13-20)5-7-22(24)28-25(30)19-9-18-10-21(31-4)6-8-23(18)32-15-19;2*3-2(4,5)1(6)7/h5-8,10-13,16,19H,9,14-15H2,1-4H3,(H,26,27)(H,28,30);2*(H,6,7). The van der Waals surface area contributed by atoms with Crippen LogP contribution in [0.3, 0.4) is 0 Å². The molecule has 12 nitrogen and oxygen atoms in total. The highest BCUT2D eigenvalue weighted by atomic mass is 19.4. The van der Waals surface area contributed by atoms with Crippen molar-refractivity contribution in [2.75, 3.05) is 39.7 Å². The molecule has 4 N–H and O–H groups in total. The number of nitrogens with zero attached hydrogens (tertiary/aromatic N) is 2. The number of carbonyl (C=O) groups is 3. The number of aromatic nitrogens is 2. The molecule has 2 aromatic carbocycles. The predicted molar refractivity (Wildman–Crippen MR) is 154 cm³/mol. The molecule has 2 atom stereocenters. The van der Waals surface area contributed by atoms with Gasteiger partial charge in [-0.15, -0.1) is 0 Å². The fraction of sp³-hybridized carbons (Fsp3) is 0.379. The lowest BCUT2D eigenvalue weighted by atomic mass is 9.95. The molecule has 0 radical (unpaired) electrons. The highest BCUT2D eigenvalue weighted by Crippen LogP contribution is 2.34. The Hall–Kier alpha value is -5.00. The fourth-order valence-corrected chi connectivity index (χ4v) is 3.98. The third-order valence-corrected chi connectivity index (χ3v) is 6.05. The molecule has 47 heavy (non-hydrogen) atoms. The van der Waals surface area contributed by atoms with E-state index < -0.39 is 24.3 Å². The first-order chi connectivity index (χ1) is 21.8. The third kappa shape index (κ3) is 12.4. The lowest BCUT2D eigenvalue weighted by Gasteiger charge is -2.26. The Morgan fingerprint density at radius 2 is 1.66 bits per heavy atom. The highest BCUT2D eigenvalue weighted by molar-refractivity contribution is 5.95. The van der Waals surface area contributed by atoms with E-state index in [2.05, 4.69) is 20.4 Å². The second-order valence-corrected chi connectivity index (χ2v) is 10.2. The van der Waals surface area contributed by atoms with Crippen LogP contribution in [0.2, 0.25) is 0 Å². The smallest absolute Gasteiger partial charge is 0.490 e. The van der Waals surface area contributed by atoms with Crippen LogP contribution in [0.15, 0.2) is 48.8 Å². The van der Waals surface area contributed by atoms with Crippen molar-refractivity contribution in [1.29, 1.82) is 0 Å². The van der Waals surface area contributed by atoms with Crippen molar-refractivity contribution in [3.63, 3.8) is 0 Å². The van der Waals surface area contributed by atoms with Gasteiger partial charge in [0, 0.05) is 18.3 Å². The fourth-order valence-electron chi connectivity index (χ4n) is 3.98. The molecule has 18 heteroatoms. The van der Waals surface area contributed by atoms with Crippen LogP contribution in [0.1, 0.15) is 12.5 Å². The molecule has 0 fully saturated rings. The number of aromatic amines is 1. The van der Waals surface area contributed by atoms with Gasteiger partial charge < -0.3 is 34.6 Å². The zero-order chi connectivity index (χ0) is 35.5. The topological polar surface area (TPSA) is 163 Å². The second-order valence-electron chi connectivity index (χ2n) is 10.2. The number of rotatable bonds is 8. The molecule has 3 aromatic rings. The quantitative estimate of drug-likeness (QED) is 0.242. The number of methoxy groups -OCH3 is 1. The van der Waals surface area contributed by atoms with E-state index in [1.165, 1.54) is 0 Å². The largest absolute Gasteiger partial charge is 0.497 e. The van der Waals surface area contributed by atoms with Gasteiger partial charge in [-0.2, -0.15) is 31.4 Å². The Labute approximate surface area is 264 Å². The normalized spacial score (nSPS) is 14.6. The van der Waals surface area contributed by atoms with Crippen LogP contribution in [0, 0.1) is 5.92 Å². The number of carboxylic acids is 2. The molecule has 0 aliphatic carbocycles. The molecule has 2 unspecified atom stereocenters. The minimum atomic E-state index is -5.08. The number of nitrogens with one attached hydrogen (secondary N) is 2. The molecular weight excluding hydrogens is 646 g/mol. The highest BCUT2D eigenvalue weighted by Gasteiger charge is 2.39. The minimum absolute atomic E-state index is 0.0624. The van der Waals surface area contributed by atoms with E-state index in [0.717, 1.165) is 34.7 Å². The van der Waals surface area contributed by atoms with Crippen molar-refractivity contribution in [1.82, 2.24) is 15.1 Å². The monoisotopic (exact) mass is 678 g/mol. The summed E-state index contributed by atoms with van der Waals surface area (Å²) in [6, 6.07) is 11.4. The Bertz CT molecular complexity index is 1470. The van der Waals surface area contributed by atoms with E-state index in [-0.39, 0.29) is 17.9 Å². The molecule has 0 spiro atoms. The van der Waals surface area contributed by atoms with Crippen LogP contribution in [0.25, 0.3) is 11.1 Å². The van der Waals surface area contributed by atoms with E-state index in [1.54, 1.807) is 13.3 Å². The van der Waals surface area contributed by atoms with Crippen LogP contribution in [0.4, 0.5) is 32.0 Å². The number of amides is 1. The number of aliphatic carboxylic acids is 2. The van der Waals surface area contributed by atoms with Gasteiger partial charge in [0.25, 0.3) is 0 Å². The molecule has 0 saturated carbocycles. The van der Waals surface area contributed by atoms with Crippen LogP contribution in [-0.2, 0) is 20.8 Å². The van der Waals surface area contributed by atoms with Gasteiger partial charge in [0.2, 0.25) is 5.91 Å². The van der Waals surface area contributed by atoms with Crippen LogP contribution in [-0.4, -0.2) is 96.0 Å². The van der Waals surface area contributed by atoms with E-state index in [0.29, 0.717) is 24.5 Å². The van der Waals surface area contributed by atoms with Crippen molar-refractivity contribution in [3.8, 4) is 28.4 Å². The minimum Gasteiger partial charge on any atom is -0.497 e. The lowest BCUT2D eigenvalue weighted by Crippen LogP contribution is -2.33. The lowest BCUT2D eigenvalue weighted by molar-refractivity contribution is -0.193. The van der Waals surface area contributed by atoms with E-state index in [1.807, 2.05) is 63.6 Å². The summed E-state index contributed by atoms with van der Waals surface area (Å²) >= 11 is 0. The zero-order valence-electron chi connectivity index (χ0n) is 25.4. The molecule has 0 bridgehead atoms. The number of hydrogen-bond donors (Lipinski definition) is 4. The summed E-state index contributed by atoms with van der Waals surface area (Å²) in [4.78, 5) is 33.0. The van der Waals surface area contributed by atoms with Crippen molar-refractivity contribution < 1.29 is 65.1 Å². The van der Waals surface area contributed by atoms with Gasteiger partial charge in [-0.3, -0.25) is 9.89 Å². The maximum absolute atomic E-state index is 13.2. The zero-order valence-corrected chi connectivity index (χ0v) is 25.4. The first-order valence-corrected chi connectivity index (χ1v) is 13.5. The maximum atomic E-state index is 13.2. The van der Waals surface area contributed by atoms with Gasteiger partial charge in [-0.05, 0) is 68.9 Å². The second kappa shape index (κ2) is 16.5. The number of carboxylic acid groups (broad SMARTS) is 2. The molecule has 258 valence electrons. The Kier molecular flexibility index (Phi) is 13.4. The van der Waals surface area contributed by atoms with Crippen LogP contribution < -0.4 is 19.5 Å². The predicted octanol–water partition coefficient (Wildman–Crippen LogP) is 4.87. The molecule has 2 heterocycles. The Balaban J connectivity index is 0.000000459. The number of carbonyl (C=O) groups excluding carboxylic acids is 1. The number of H-pyrrole nitrogens is 1. The summed E-state index contributed by atoms with van der Waals surface area (Å²) < 4.78 is 80.9. The third-order valence-electron chi connectivity index (χ3n) is 6.05. The molecule has 1 aromatic heterocycles. The number of benzene rings is 2. The number of halogens is 6. The molecule has 0 saturated heterocycles. The van der Waals surface area contributed by atoms with Crippen molar-refractivity contribution >= 4 is 23.5 Å². The number of anilines is 1. The number of likely N-dealkylation sites (N-methyl/N-ethyl adjacent to an activating group) is 1. The van der Waals surface area contributed by atoms with E-state index in [4.69, 9.17) is 34.0 Å². The van der Waals surface area contributed by atoms with Crippen LogP contribution >= 0.6 is 0 Å². The van der Waals surface area contributed by atoms with Crippen LogP contribution in [0.5, 0.6) is 17.2 Å². The number of alkyl halides is 6. The Morgan fingerprint density at radius 3 is 2.17 bits per heavy atom. The molecule has 1 aliphatic heterocycles. The van der Waals surface area contributed by atoms with Gasteiger partial charge in [0.05, 0.1) is 24.9 Å². The van der Waals surface area contributed by atoms with E-state index in [9.17, 15) is 31.1 Å². The summed E-state index contributed by atoms with van der Waals surface area (Å²) in [7, 11) is 5.63. The molecule has 1 amide bonds. The van der Waals surface area contributed by atoms with Crippen molar-refractivity contribution in [2.24, 2.45) is 5.92 Å². The summed E-state index contributed by atoms with van der Waals surface area (Å²) in [6.07, 6.45) is -6.07. The first kappa shape index (κ1) is 38.2. The van der Waals surface area contributed by atoms with E-state index >= 15 is 0 Å². The van der Waals surface area contributed by atoms with Crippen molar-refractivity contribution in [3.05, 3.63) is 54.4 Å². The average Bonchev–Trinajstić information content (AvgIpc) is 3.52. The number of fused-ring (bicyclic) bond motifs is 1. The summed E-state index contributed by atoms with van der Waals surface area (Å²) in [5.74, 6) is -3.77. The molecule has 1 aliphatic rings. The maximum Gasteiger partial charge on any atom is 0.490 e. The number of ether oxygens (including phenoxy) is 3. The summed E-state index contributed by atoms with van der Waals surface area (Å²) in [5, 5.41) is 24.2.